The number of Topliss-reactive ketones (excluding diaryl/α,β-unsaturated/α-hetero) is 2. The quantitative estimate of drug-likeness (QED) is 0.379. The highest BCUT2D eigenvalue weighted by Gasteiger charge is 2.44. The molecule has 0 fully saturated rings. The summed E-state index contributed by atoms with van der Waals surface area (Å²) >= 11 is 19.5. The minimum atomic E-state index is -0.933. The van der Waals surface area contributed by atoms with E-state index in [-0.39, 0.29) is 36.2 Å². The first kappa shape index (κ1) is 26.8. The lowest BCUT2D eigenvalue weighted by atomic mass is 9.70. The van der Waals surface area contributed by atoms with Gasteiger partial charge in [-0.15, -0.1) is 0 Å². The molecule has 0 atom stereocenters. The number of hydrogen-bond donors (Lipinski definition) is 1. The van der Waals surface area contributed by atoms with Gasteiger partial charge in [-0.3, -0.25) is 14.4 Å². The molecule has 1 N–H and O–H groups in total. The summed E-state index contributed by atoms with van der Waals surface area (Å²) in [5, 5.41) is 10.6. The number of allylic oxidation sites excluding steroid dienone is 4. The van der Waals surface area contributed by atoms with Crippen LogP contribution >= 0.6 is 34.8 Å². The topological polar surface area (TPSA) is 83.9 Å². The largest absolute Gasteiger partial charge is 0.487 e. The number of carboxylic acid groups (broad SMARTS) is 1. The fraction of sp³-hybridized carbons (Fsp3) is 0.345. The normalized spacial score (nSPS) is 18.0. The Balaban J connectivity index is 1.68. The van der Waals surface area contributed by atoms with Crippen LogP contribution in [0.3, 0.4) is 0 Å². The van der Waals surface area contributed by atoms with Crippen molar-refractivity contribution in [2.45, 2.75) is 57.5 Å². The molecule has 38 heavy (non-hydrogen) atoms. The van der Waals surface area contributed by atoms with Crippen LogP contribution in [-0.2, 0) is 21.0 Å². The number of benzene rings is 2. The molecule has 9 heteroatoms. The van der Waals surface area contributed by atoms with Crippen LogP contribution in [0.15, 0.2) is 58.9 Å². The highest BCUT2D eigenvalue weighted by molar-refractivity contribution is 6.36. The fourth-order valence-corrected chi connectivity index (χ4v) is 6.47. The first-order valence-electron chi connectivity index (χ1n) is 12.6. The molecule has 0 amide bonds. The van der Waals surface area contributed by atoms with Crippen molar-refractivity contribution in [3.8, 4) is 5.75 Å². The molecule has 0 saturated heterocycles. The van der Waals surface area contributed by atoms with Gasteiger partial charge in [0.15, 0.2) is 11.6 Å². The van der Waals surface area contributed by atoms with Crippen LogP contribution in [0.25, 0.3) is 0 Å². The van der Waals surface area contributed by atoms with E-state index in [2.05, 4.69) is 0 Å². The summed E-state index contributed by atoms with van der Waals surface area (Å²) < 4.78 is 6.24. The van der Waals surface area contributed by atoms with Crippen molar-refractivity contribution < 1.29 is 24.2 Å². The lowest BCUT2D eigenvalue weighted by Gasteiger charge is -2.44. The molecule has 2 aliphatic carbocycles. The predicted molar refractivity (Wildman–Crippen MR) is 146 cm³/mol. The molecule has 6 nitrogen and oxygen atoms in total. The van der Waals surface area contributed by atoms with Crippen molar-refractivity contribution in [2.24, 2.45) is 0 Å². The SMILES string of the molecule is O=C(O)CCN1C2=C(C(=O)CCC2)C(c2cc(Cl)cc(Cl)c2OCc2ccccc2Cl)C2=C1CCCC2=O. The molecule has 1 aliphatic heterocycles. The Kier molecular flexibility index (Phi) is 7.85. The standard InChI is InChI=1S/C29H26Cl3NO5/c30-17-13-18(29(20(32)14-17)38-15-16-5-1-2-6-19(16)31)26-27-21(7-3-9-23(27)34)33(12-11-25(36)37)22-8-4-10-24(35)28(22)26/h1-2,5-6,13-14,26H,3-4,7-12,15H2,(H,36,37). The summed E-state index contributed by atoms with van der Waals surface area (Å²) in [5.74, 6) is -1.41. The molecule has 0 unspecified atom stereocenters. The van der Waals surface area contributed by atoms with Gasteiger partial charge in [0, 0.05) is 69.0 Å². The van der Waals surface area contributed by atoms with Crippen LogP contribution in [-0.4, -0.2) is 34.1 Å². The number of ketones is 2. The lowest BCUT2D eigenvalue weighted by molar-refractivity contribution is -0.137. The number of carbonyl (C=O) groups excluding carboxylic acids is 2. The second kappa shape index (κ2) is 11.1. The van der Waals surface area contributed by atoms with Crippen molar-refractivity contribution in [3.05, 3.63) is 85.1 Å². The first-order chi connectivity index (χ1) is 18.3. The second-order valence-corrected chi connectivity index (χ2v) is 10.9. The van der Waals surface area contributed by atoms with Crippen molar-refractivity contribution >= 4 is 52.3 Å². The Labute approximate surface area is 235 Å². The molecule has 0 radical (unpaired) electrons. The van der Waals surface area contributed by atoms with Gasteiger partial charge >= 0.3 is 5.97 Å². The van der Waals surface area contributed by atoms with Crippen LogP contribution in [0.5, 0.6) is 5.75 Å². The average Bonchev–Trinajstić information content (AvgIpc) is 2.87. The highest BCUT2D eigenvalue weighted by atomic mass is 35.5. The second-order valence-electron chi connectivity index (χ2n) is 9.69. The van der Waals surface area contributed by atoms with Gasteiger partial charge in [-0.25, -0.2) is 0 Å². The van der Waals surface area contributed by atoms with E-state index in [0.29, 0.717) is 71.0 Å². The minimum Gasteiger partial charge on any atom is -0.487 e. The van der Waals surface area contributed by atoms with Crippen LogP contribution < -0.4 is 4.74 Å². The number of ether oxygens (including phenoxy) is 1. The molecule has 0 saturated carbocycles. The fourth-order valence-electron chi connectivity index (χ4n) is 5.72. The average molecular weight is 575 g/mol. The third-order valence-corrected chi connectivity index (χ3v) is 8.18. The minimum absolute atomic E-state index is 0.0605. The smallest absolute Gasteiger partial charge is 0.305 e. The number of rotatable bonds is 7. The first-order valence-corrected chi connectivity index (χ1v) is 13.8. The molecule has 0 bridgehead atoms. The summed E-state index contributed by atoms with van der Waals surface area (Å²) in [6, 6.07) is 10.6. The molecule has 2 aromatic carbocycles. The van der Waals surface area contributed by atoms with E-state index in [9.17, 15) is 19.5 Å². The van der Waals surface area contributed by atoms with E-state index in [1.165, 1.54) is 0 Å². The number of halogens is 3. The van der Waals surface area contributed by atoms with Gasteiger partial charge in [-0.05, 0) is 43.9 Å². The van der Waals surface area contributed by atoms with E-state index in [1.807, 2.05) is 23.1 Å². The summed E-state index contributed by atoms with van der Waals surface area (Å²) in [7, 11) is 0. The Hall–Kier alpha value is -2.80. The molecular weight excluding hydrogens is 549 g/mol. The summed E-state index contributed by atoms with van der Waals surface area (Å²) in [4.78, 5) is 40.4. The van der Waals surface area contributed by atoms with Crippen LogP contribution in [0.4, 0.5) is 0 Å². The van der Waals surface area contributed by atoms with Crippen LogP contribution in [0.1, 0.15) is 62.0 Å². The molecule has 1 heterocycles. The van der Waals surface area contributed by atoms with Crippen molar-refractivity contribution in [2.75, 3.05) is 6.54 Å². The van der Waals surface area contributed by atoms with E-state index < -0.39 is 11.9 Å². The van der Waals surface area contributed by atoms with E-state index in [4.69, 9.17) is 39.5 Å². The van der Waals surface area contributed by atoms with E-state index in [1.54, 1.807) is 18.2 Å². The Bertz CT molecular complexity index is 1350. The van der Waals surface area contributed by atoms with Gasteiger partial charge in [-0.2, -0.15) is 0 Å². The van der Waals surface area contributed by atoms with E-state index >= 15 is 0 Å². The summed E-state index contributed by atoms with van der Waals surface area (Å²) in [6.45, 7) is 0.331. The summed E-state index contributed by atoms with van der Waals surface area (Å²) in [5.41, 5.74) is 3.91. The number of carbonyl (C=O) groups is 3. The van der Waals surface area contributed by atoms with E-state index in [0.717, 1.165) is 17.0 Å². The zero-order chi connectivity index (χ0) is 27.0. The molecule has 198 valence electrons. The Morgan fingerprint density at radius 1 is 0.921 bits per heavy atom. The van der Waals surface area contributed by atoms with Gasteiger partial charge in [0.2, 0.25) is 0 Å². The maximum absolute atomic E-state index is 13.5. The number of aliphatic carboxylic acids is 1. The van der Waals surface area contributed by atoms with Crippen molar-refractivity contribution in [1.29, 1.82) is 0 Å². The van der Waals surface area contributed by atoms with Gasteiger partial charge in [0.05, 0.1) is 11.4 Å². The lowest BCUT2D eigenvalue weighted by Crippen LogP contribution is -2.40. The third kappa shape index (κ3) is 5.09. The third-order valence-electron chi connectivity index (χ3n) is 7.31. The molecular formula is C29H26Cl3NO5. The number of carboxylic acids is 1. The van der Waals surface area contributed by atoms with Crippen LogP contribution in [0, 0.1) is 0 Å². The van der Waals surface area contributed by atoms with Crippen molar-refractivity contribution in [1.82, 2.24) is 4.90 Å². The Morgan fingerprint density at radius 2 is 1.55 bits per heavy atom. The predicted octanol–water partition coefficient (Wildman–Crippen LogP) is 7.11. The van der Waals surface area contributed by atoms with Gasteiger partial charge in [-0.1, -0.05) is 53.0 Å². The summed E-state index contributed by atoms with van der Waals surface area (Å²) in [6.07, 6.45) is 3.16. The number of nitrogens with zero attached hydrogens (tertiary/aromatic N) is 1. The van der Waals surface area contributed by atoms with Gasteiger partial charge < -0.3 is 14.7 Å². The zero-order valence-electron chi connectivity index (χ0n) is 20.6. The zero-order valence-corrected chi connectivity index (χ0v) is 22.8. The molecule has 5 rings (SSSR count). The monoisotopic (exact) mass is 573 g/mol. The van der Waals surface area contributed by atoms with Gasteiger partial charge in [0.25, 0.3) is 0 Å². The van der Waals surface area contributed by atoms with Crippen LogP contribution in [0.2, 0.25) is 15.1 Å². The molecule has 0 aromatic heterocycles. The van der Waals surface area contributed by atoms with Crippen molar-refractivity contribution in [3.63, 3.8) is 0 Å². The number of hydrogen-bond acceptors (Lipinski definition) is 5. The van der Waals surface area contributed by atoms with Gasteiger partial charge in [0.1, 0.15) is 12.4 Å². The Morgan fingerprint density at radius 3 is 2.16 bits per heavy atom. The molecule has 0 spiro atoms. The maximum Gasteiger partial charge on any atom is 0.305 e. The highest BCUT2D eigenvalue weighted by Crippen LogP contribution is 2.52. The molecule has 2 aromatic rings. The molecule has 3 aliphatic rings. The maximum atomic E-state index is 13.5.